The second-order valence-electron chi connectivity index (χ2n) is 7.94. The number of nitrogens with one attached hydrogen (secondary N) is 2. The van der Waals surface area contributed by atoms with Crippen LogP contribution in [0.4, 0.5) is 21.9 Å². The van der Waals surface area contributed by atoms with Gasteiger partial charge in [-0.3, -0.25) is 19.4 Å². The summed E-state index contributed by atoms with van der Waals surface area (Å²) in [7, 11) is 0. The molecule has 0 saturated heterocycles. The number of para-hydroxylation sites is 2. The van der Waals surface area contributed by atoms with Crippen LogP contribution in [0, 0.1) is 6.92 Å². The van der Waals surface area contributed by atoms with E-state index in [0.717, 1.165) is 11.1 Å². The van der Waals surface area contributed by atoms with Crippen LogP contribution in [-0.4, -0.2) is 37.5 Å². The topological polar surface area (TPSA) is 81.8 Å². The zero-order chi connectivity index (χ0) is 23.2. The molecule has 168 valence electrons. The number of nitrogens with zero attached hydrogens (tertiary/aromatic N) is 2. The SMILES string of the molecule is Cc1ccc(NC(=O)N2CC(=O)N(CC(=O)NCCc3ccccc3)c3ccccc32)cc1. The molecule has 4 rings (SSSR count). The smallest absolute Gasteiger partial charge is 0.326 e. The normalized spacial score (nSPS) is 12.8. The van der Waals surface area contributed by atoms with Crippen LogP contribution in [0.3, 0.4) is 0 Å². The molecule has 0 aromatic heterocycles. The summed E-state index contributed by atoms with van der Waals surface area (Å²) in [4.78, 5) is 41.2. The summed E-state index contributed by atoms with van der Waals surface area (Å²) in [6.07, 6.45) is 0.712. The van der Waals surface area contributed by atoms with Crippen LogP contribution in [0.15, 0.2) is 78.9 Å². The fraction of sp³-hybridized carbons (Fsp3) is 0.192. The summed E-state index contributed by atoms with van der Waals surface area (Å²) in [6.45, 7) is 2.21. The van der Waals surface area contributed by atoms with Crippen LogP contribution in [0.5, 0.6) is 0 Å². The van der Waals surface area contributed by atoms with Crippen molar-refractivity contribution in [3.05, 3.63) is 90.0 Å². The lowest BCUT2D eigenvalue weighted by atomic mass is 10.1. The van der Waals surface area contributed by atoms with Gasteiger partial charge < -0.3 is 10.6 Å². The molecule has 0 bridgehead atoms. The molecule has 7 heteroatoms. The van der Waals surface area contributed by atoms with Crippen molar-refractivity contribution in [1.29, 1.82) is 0 Å². The van der Waals surface area contributed by atoms with E-state index >= 15 is 0 Å². The minimum Gasteiger partial charge on any atom is -0.354 e. The molecule has 0 saturated carbocycles. The van der Waals surface area contributed by atoms with Crippen LogP contribution in [0.25, 0.3) is 0 Å². The molecule has 2 N–H and O–H groups in total. The molecule has 0 radical (unpaired) electrons. The number of aryl methyl sites for hydroxylation is 1. The van der Waals surface area contributed by atoms with Crippen molar-refractivity contribution in [3.63, 3.8) is 0 Å². The Kier molecular flexibility index (Phi) is 6.69. The maximum atomic E-state index is 12.9. The molecule has 0 fully saturated rings. The van der Waals surface area contributed by atoms with Gasteiger partial charge in [-0.2, -0.15) is 0 Å². The minimum absolute atomic E-state index is 0.0991. The Morgan fingerprint density at radius 2 is 1.55 bits per heavy atom. The molecule has 4 amide bonds. The molecular formula is C26H26N4O3. The Labute approximate surface area is 193 Å². The zero-order valence-corrected chi connectivity index (χ0v) is 18.5. The predicted molar refractivity (Wildman–Crippen MR) is 129 cm³/mol. The van der Waals surface area contributed by atoms with Crippen LogP contribution in [0.2, 0.25) is 0 Å². The first kappa shape index (κ1) is 22.1. The van der Waals surface area contributed by atoms with Crippen LogP contribution in [0.1, 0.15) is 11.1 Å². The van der Waals surface area contributed by atoms with E-state index < -0.39 is 6.03 Å². The number of amides is 4. The van der Waals surface area contributed by atoms with Crippen LogP contribution < -0.4 is 20.4 Å². The van der Waals surface area contributed by atoms with Gasteiger partial charge in [0.15, 0.2) is 0 Å². The quantitative estimate of drug-likeness (QED) is 0.610. The predicted octanol–water partition coefficient (Wildman–Crippen LogP) is 3.74. The third kappa shape index (κ3) is 5.38. The Balaban J connectivity index is 1.43. The highest BCUT2D eigenvalue weighted by Crippen LogP contribution is 2.33. The monoisotopic (exact) mass is 442 g/mol. The summed E-state index contributed by atoms with van der Waals surface area (Å²) in [6, 6.07) is 24.0. The molecule has 7 nitrogen and oxygen atoms in total. The van der Waals surface area contributed by atoms with Crippen molar-refractivity contribution < 1.29 is 14.4 Å². The largest absolute Gasteiger partial charge is 0.354 e. The standard InChI is InChI=1S/C26H26N4O3/c1-19-11-13-21(14-12-19)28-26(33)30-18-25(32)29(22-9-5-6-10-23(22)30)17-24(31)27-16-15-20-7-3-2-4-8-20/h2-14H,15-18H2,1H3,(H,27,31)(H,28,33). The maximum absolute atomic E-state index is 12.9. The van der Waals surface area contributed by atoms with Gasteiger partial charge in [0, 0.05) is 12.2 Å². The summed E-state index contributed by atoms with van der Waals surface area (Å²) in [5.74, 6) is -0.558. The van der Waals surface area contributed by atoms with Gasteiger partial charge in [-0.05, 0) is 43.2 Å². The third-order valence-corrected chi connectivity index (χ3v) is 5.49. The van der Waals surface area contributed by atoms with Crippen molar-refractivity contribution in [2.75, 3.05) is 34.8 Å². The first-order chi connectivity index (χ1) is 16.0. The first-order valence-corrected chi connectivity index (χ1v) is 10.9. The fourth-order valence-electron chi connectivity index (χ4n) is 3.73. The van der Waals surface area contributed by atoms with Gasteiger partial charge in [-0.15, -0.1) is 0 Å². The molecule has 0 aliphatic carbocycles. The van der Waals surface area contributed by atoms with Crippen molar-refractivity contribution in [1.82, 2.24) is 5.32 Å². The summed E-state index contributed by atoms with van der Waals surface area (Å²) in [5, 5.41) is 5.71. The van der Waals surface area contributed by atoms with Crippen molar-refractivity contribution in [2.45, 2.75) is 13.3 Å². The number of benzene rings is 3. The van der Waals surface area contributed by atoms with Gasteiger partial charge in [0.05, 0.1) is 11.4 Å². The average Bonchev–Trinajstić information content (AvgIpc) is 2.83. The Morgan fingerprint density at radius 3 is 2.27 bits per heavy atom. The van der Waals surface area contributed by atoms with E-state index in [1.54, 1.807) is 24.3 Å². The number of carbonyl (C=O) groups excluding carboxylic acids is 3. The number of urea groups is 1. The van der Waals surface area contributed by atoms with E-state index in [9.17, 15) is 14.4 Å². The van der Waals surface area contributed by atoms with Crippen molar-refractivity contribution >= 4 is 34.9 Å². The summed E-state index contributed by atoms with van der Waals surface area (Å²) < 4.78 is 0. The molecular weight excluding hydrogens is 416 g/mol. The van der Waals surface area contributed by atoms with E-state index in [1.807, 2.05) is 61.5 Å². The number of carbonyl (C=O) groups is 3. The molecule has 0 spiro atoms. The zero-order valence-electron chi connectivity index (χ0n) is 18.5. The van der Waals surface area contributed by atoms with E-state index in [0.29, 0.717) is 30.0 Å². The van der Waals surface area contributed by atoms with Gasteiger partial charge >= 0.3 is 6.03 Å². The highest BCUT2D eigenvalue weighted by Gasteiger charge is 2.33. The second-order valence-corrected chi connectivity index (χ2v) is 7.94. The molecule has 3 aromatic carbocycles. The minimum atomic E-state index is -0.397. The number of hydrogen-bond donors (Lipinski definition) is 2. The first-order valence-electron chi connectivity index (χ1n) is 10.9. The lowest BCUT2D eigenvalue weighted by molar-refractivity contribution is -0.123. The Hall–Kier alpha value is -4.13. The number of hydrogen-bond acceptors (Lipinski definition) is 3. The highest BCUT2D eigenvalue weighted by molar-refractivity contribution is 6.15. The van der Waals surface area contributed by atoms with Crippen LogP contribution >= 0.6 is 0 Å². The highest BCUT2D eigenvalue weighted by atomic mass is 16.2. The maximum Gasteiger partial charge on any atom is 0.326 e. The molecule has 0 atom stereocenters. The Morgan fingerprint density at radius 1 is 0.879 bits per heavy atom. The van der Waals surface area contributed by atoms with Gasteiger partial charge in [0.1, 0.15) is 13.1 Å². The van der Waals surface area contributed by atoms with Gasteiger partial charge in [0.2, 0.25) is 11.8 Å². The molecule has 1 heterocycles. The fourth-order valence-corrected chi connectivity index (χ4v) is 3.73. The van der Waals surface area contributed by atoms with E-state index in [4.69, 9.17) is 0 Å². The van der Waals surface area contributed by atoms with E-state index in [1.165, 1.54) is 9.80 Å². The average molecular weight is 443 g/mol. The Bertz CT molecular complexity index is 1150. The number of anilines is 3. The van der Waals surface area contributed by atoms with Gasteiger partial charge in [-0.1, -0.05) is 60.2 Å². The summed E-state index contributed by atoms with van der Waals surface area (Å²) >= 11 is 0. The summed E-state index contributed by atoms with van der Waals surface area (Å²) in [5.41, 5.74) is 3.98. The van der Waals surface area contributed by atoms with E-state index in [-0.39, 0.29) is 24.9 Å². The molecule has 33 heavy (non-hydrogen) atoms. The second kappa shape index (κ2) is 9.99. The molecule has 1 aliphatic rings. The van der Waals surface area contributed by atoms with E-state index in [2.05, 4.69) is 10.6 Å². The number of fused-ring (bicyclic) bond motifs is 1. The molecule has 3 aromatic rings. The van der Waals surface area contributed by atoms with Crippen molar-refractivity contribution in [3.8, 4) is 0 Å². The molecule has 1 aliphatic heterocycles. The van der Waals surface area contributed by atoms with Crippen LogP contribution in [-0.2, 0) is 16.0 Å². The van der Waals surface area contributed by atoms with Gasteiger partial charge in [0.25, 0.3) is 0 Å². The van der Waals surface area contributed by atoms with Crippen molar-refractivity contribution in [2.24, 2.45) is 0 Å². The molecule has 0 unspecified atom stereocenters. The lowest BCUT2D eigenvalue weighted by Crippen LogP contribution is -2.52. The number of rotatable bonds is 6. The third-order valence-electron chi connectivity index (χ3n) is 5.49. The lowest BCUT2D eigenvalue weighted by Gasteiger charge is -2.35. The van der Waals surface area contributed by atoms with Gasteiger partial charge in [-0.25, -0.2) is 4.79 Å².